The highest BCUT2D eigenvalue weighted by Crippen LogP contribution is 2.29. The highest BCUT2D eigenvalue weighted by Gasteiger charge is 2.14. The zero-order chi connectivity index (χ0) is 11.1. The summed E-state index contributed by atoms with van der Waals surface area (Å²) in [6.45, 7) is 0.772. The van der Waals surface area contributed by atoms with Gasteiger partial charge in [0.1, 0.15) is 0 Å². The van der Waals surface area contributed by atoms with Crippen LogP contribution in [-0.2, 0) is 6.54 Å². The molecule has 1 aromatic carbocycles. The Bertz CT molecular complexity index is 584. The van der Waals surface area contributed by atoms with Gasteiger partial charge in [0, 0.05) is 17.8 Å². The van der Waals surface area contributed by atoms with Gasteiger partial charge in [-0.05, 0) is 29.8 Å². The van der Waals surface area contributed by atoms with E-state index >= 15 is 0 Å². The summed E-state index contributed by atoms with van der Waals surface area (Å²) in [5.41, 5.74) is 2.91. The third kappa shape index (κ3) is 1.55. The standard InChI is InChI=1S/C12H8Cl2N2/c13-9-4-3-8-7-16-5-1-2-11(16)12(14)15-10(8)6-9/h1-6H,7H2. The summed E-state index contributed by atoms with van der Waals surface area (Å²) in [4.78, 5) is 4.39. The smallest absolute Gasteiger partial charge is 0.153 e. The molecule has 80 valence electrons. The van der Waals surface area contributed by atoms with Crippen molar-refractivity contribution in [3.8, 4) is 0 Å². The van der Waals surface area contributed by atoms with E-state index in [1.54, 1.807) is 0 Å². The third-order valence-corrected chi connectivity index (χ3v) is 3.16. The number of fused-ring (bicyclic) bond motifs is 2. The molecule has 2 aromatic rings. The van der Waals surface area contributed by atoms with Crippen LogP contribution in [0.2, 0.25) is 5.02 Å². The summed E-state index contributed by atoms with van der Waals surface area (Å²) in [5.74, 6) is 0. The number of aliphatic imine (C=N–C) groups is 1. The van der Waals surface area contributed by atoms with Gasteiger partial charge in [0.15, 0.2) is 5.17 Å². The van der Waals surface area contributed by atoms with Gasteiger partial charge in [-0.15, -0.1) is 0 Å². The van der Waals surface area contributed by atoms with E-state index in [1.807, 2.05) is 36.5 Å². The van der Waals surface area contributed by atoms with Gasteiger partial charge in [0.05, 0.1) is 11.4 Å². The van der Waals surface area contributed by atoms with Crippen molar-refractivity contribution in [2.24, 2.45) is 4.99 Å². The van der Waals surface area contributed by atoms with E-state index in [-0.39, 0.29) is 0 Å². The van der Waals surface area contributed by atoms with Crippen molar-refractivity contribution in [3.63, 3.8) is 0 Å². The first kappa shape index (κ1) is 9.94. The molecule has 0 radical (unpaired) electrons. The molecule has 1 aromatic heterocycles. The average molecular weight is 251 g/mol. The van der Waals surface area contributed by atoms with Crippen LogP contribution in [0.25, 0.3) is 0 Å². The second-order valence-corrected chi connectivity index (χ2v) is 4.49. The van der Waals surface area contributed by atoms with Crippen molar-refractivity contribution in [2.45, 2.75) is 6.54 Å². The van der Waals surface area contributed by atoms with Crippen LogP contribution in [0, 0.1) is 0 Å². The first-order chi connectivity index (χ1) is 7.74. The number of halogens is 2. The summed E-state index contributed by atoms with van der Waals surface area (Å²) in [5, 5.41) is 1.18. The molecule has 1 aliphatic heterocycles. The molecule has 16 heavy (non-hydrogen) atoms. The predicted molar refractivity (Wildman–Crippen MR) is 67.0 cm³/mol. The van der Waals surface area contributed by atoms with Crippen LogP contribution in [0.15, 0.2) is 41.5 Å². The zero-order valence-electron chi connectivity index (χ0n) is 8.32. The van der Waals surface area contributed by atoms with Crippen molar-refractivity contribution in [3.05, 3.63) is 52.8 Å². The Morgan fingerprint density at radius 2 is 2.06 bits per heavy atom. The monoisotopic (exact) mass is 250 g/mol. The topological polar surface area (TPSA) is 17.3 Å². The van der Waals surface area contributed by atoms with Crippen molar-refractivity contribution >= 4 is 34.1 Å². The minimum absolute atomic E-state index is 0.506. The molecule has 0 unspecified atom stereocenters. The predicted octanol–water partition coefficient (Wildman–Crippen LogP) is 3.82. The lowest BCUT2D eigenvalue weighted by atomic mass is 10.2. The van der Waals surface area contributed by atoms with Crippen molar-refractivity contribution < 1.29 is 0 Å². The number of nitrogens with zero attached hydrogens (tertiary/aromatic N) is 2. The third-order valence-electron chi connectivity index (χ3n) is 2.65. The Hall–Kier alpha value is -1.25. The number of hydrogen-bond donors (Lipinski definition) is 0. The number of benzene rings is 1. The Morgan fingerprint density at radius 3 is 2.94 bits per heavy atom. The first-order valence-corrected chi connectivity index (χ1v) is 5.68. The molecule has 0 spiro atoms. The largest absolute Gasteiger partial charge is 0.341 e. The molecule has 3 rings (SSSR count). The van der Waals surface area contributed by atoms with Crippen molar-refractivity contribution in [1.82, 2.24) is 4.57 Å². The Balaban J connectivity index is 2.23. The van der Waals surface area contributed by atoms with Gasteiger partial charge < -0.3 is 4.57 Å². The Morgan fingerprint density at radius 1 is 1.19 bits per heavy atom. The molecule has 4 heteroatoms. The number of rotatable bonds is 0. The molecule has 0 bridgehead atoms. The molecule has 0 N–H and O–H groups in total. The van der Waals surface area contributed by atoms with Crippen molar-refractivity contribution in [1.29, 1.82) is 0 Å². The van der Waals surface area contributed by atoms with Crippen LogP contribution in [0.5, 0.6) is 0 Å². The van der Waals surface area contributed by atoms with E-state index in [9.17, 15) is 0 Å². The van der Waals surface area contributed by atoms with E-state index in [2.05, 4.69) is 9.56 Å². The van der Waals surface area contributed by atoms with E-state index < -0.39 is 0 Å². The molecule has 0 amide bonds. The number of hydrogen-bond acceptors (Lipinski definition) is 1. The van der Waals surface area contributed by atoms with Gasteiger partial charge in [-0.25, -0.2) is 4.99 Å². The molecule has 0 saturated carbocycles. The maximum Gasteiger partial charge on any atom is 0.153 e. The van der Waals surface area contributed by atoms with Crippen LogP contribution in [0.1, 0.15) is 11.3 Å². The molecule has 1 aliphatic rings. The fourth-order valence-corrected chi connectivity index (χ4v) is 2.29. The lowest BCUT2D eigenvalue weighted by Crippen LogP contribution is -2.02. The van der Waals surface area contributed by atoms with Crippen LogP contribution in [0.3, 0.4) is 0 Å². The van der Waals surface area contributed by atoms with E-state index in [0.717, 1.165) is 23.5 Å². The molecular formula is C12H8Cl2N2. The molecular weight excluding hydrogens is 243 g/mol. The maximum absolute atomic E-state index is 6.16. The second-order valence-electron chi connectivity index (χ2n) is 3.70. The Kier molecular flexibility index (Phi) is 2.27. The maximum atomic E-state index is 6.16. The SMILES string of the molecule is ClC1=Nc2cc(Cl)ccc2Cn2cccc21. The fraction of sp³-hybridized carbons (Fsp3) is 0.0833. The first-order valence-electron chi connectivity index (χ1n) is 4.92. The summed E-state index contributed by atoms with van der Waals surface area (Å²) >= 11 is 12.1. The van der Waals surface area contributed by atoms with Gasteiger partial charge in [-0.3, -0.25) is 0 Å². The highest BCUT2D eigenvalue weighted by molar-refractivity contribution is 6.69. The van der Waals surface area contributed by atoms with Crippen LogP contribution in [-0.4, -0.2) is 9.74 Å². The molecule has 0 aliphatic carbocycles. The van der Waals surface area contributed by atoms with Gasteiger partial charge in [0.2, 0.25) is 0 Å². The minimum atomic E-state index is 0.506. The molecule has 0 atom stereocenters. The van der Waals surface area contributed by atoms with Crippen molar-refractivity contribution in [2.75, 3.05) is 0 Å². The van der Waals surface area contributed by atoms with E-state index in [4.69, 9.17) is 23.2 Å². The average Bonchev–Trinajstić information content (AvgIpc) is 2.65. The lowest BCUT2D eigenvalue weighted by molar-refractivity contribution is 0.805. The molecule has 2 heterocycles. The normalized spacial score (nSPS) is 13.8. The summed E-state index contributed by atoms with van der Waals surface area (Å²) in [6, 6.07) is 9.62. The van der Waals surface area contributed by atoms with Gasteiger partial charge in [0.25, 0.3) is 0 Å². The summed E-state index contributed by atoms with van der Waals surface area (Å²) in [6.07, 6.45) is 2.00. The van der Waals surface area contributed by atoms with Crippen LogP contribution < -0.4 is 0 Å². The summed E-state index contributed by atoms with van der Waals surface area (Å²) in [7, 11) is 0. The van der Waals surface area contributed by atoms with Gasteiger partial charge in [-0.2, -0.15) is 0 Å². The van der Waals surface area contributed by atoms with E-state index in [0.29, 0.717) is 10.2 Å². The fourth-order valence-electron chi connectivity index (χ4n) is 1.86. The van der Waals surface area contributed by atoms with Gasteiger partial charge in [-0.1, -0.05) is 29.3 Å². The Labute approximate surface area is 103 Å². The van der Waals surface area contributed by atoms with E-state index in [1.165, 1.54) is 0 Å². The lowest BCUT2D eigenvalue weighted by Gasteiger charge is -2.05. The zero-order valence-corrected chi connectivity index (χ0v) is 9.83. The minimum Gasteiger partial charge on any atom is -0.341 e. The molecule has 0 saturated heterocycles. The van der Waals surface area contributed by atoms with Crippen LogP contribution >= 0.6 is 23.2 Å². The quantitative estimate of drug-likeness (QED) is 0.677. The molecule has 0 fully saturated rings. The number of aromatic nitrogens is 1. The molecule has 2 nitrogen and oxygen atoms in total. The highest BCUT2D eigenvalue weighted by atomic mass is 35.5. The summed E-state index contributed by atoms with van der Waals surface area (Å²) < 4.78 is 2.07. The van der Waals surface area contributed by atoms with Gasteiger partial charge >= 0.3 is 0 Å². The van der Waals surface area contributed by atoms with Crippen LogP contribution in [0.4, 0.5) is 5.69 Å². The second kappa shape index (κ2) is 3.65.